The fraction of sp³-hybridized carbons (Fsp3) is 0.429. The molecule has 0 aliphatic heterocycles. The SMILES string of the molecule is CC(C)Cc1ccc(NC(=O)Cc2ccccn2)c(CC(C)C)c1. The summed E-state index contributed by atoms with van der Waals surface area (Å²) in [5.74, 6) is 1.16. The van der Waals surface area contributed by atoms with Crippen LogP contribution >= 0.6 is 0 Å². The molecule has 2 aromatic rings. The van der Waals surface area contributed by atoms with E-state index in [1.807, 2.05) is 24.3 Å². The third-order valence-electron chi connectivity index (χ3n) is 3.78. The van der Waals surface area contributed by atoms with Crippen molar-refractivity contribution >= 4 is 11.6 Å². The Kier molecular flexibility index (Phi) is 6.53. The standard InChI is InChI=1S/C21H28N2O/c1-15(2)11-17-8-9-20(18(13-17)12-16(3)4)23-21(24)14-19-7-5-6-10-22-19/h5-10,13,15-16H,11-12,14H2,1-4H3,(H,23,24). The van der Waals surface area contributed by atoms with Crippen LogP contribution in [0.2, 0.25) is 0 Å². The monoisotopic (exact) mass is 324 g/mol. The van der Waals surface area contributed by atoms with E-state index in [0.29, 0.717) is 18.3 Å². The van der Waals surface area contributed by atoms with Crippen molar-refractivity contribution in [2.75, 3.05) is 5.32 Å². The van der Waals surface area contributed by atoms with Gasteiger partial charge in [0.05, 0.1) is 6.42 Å². The molecule has 0 bridgehead atoms. The fourth-order valence-electron chi connectivity index (χ4n) is 2.84. The van der Waals surface area contributed by atoms with Gasteiger partial charge in [-0.1, -0.05) is 45.9 Å². The highest BCUT2D eigenvalue weighted by Gasteiger charge is 2.11. The number of hydrogen-bond acceptors (Lipinski definition) is 2. The second-order valence-corrected chi connectivity index (χ2v) is 7.23. The summed E-state index contributed by atoms with van der Waals surface area (Å²) < 4.78 is 0. The quantitative estimate of drug-likeness (QED) is 0.805. The van der Waals surface area contributed by atoms with Crippen molar-refractivity contribution in [3.63, 3.8) is 0 Å². The van der Waals surface area contributed by atoms with Crippen LogP contribution in [-0.2, 0) is 24.1 Å². The highest BCUT2D eigenvalue weighted by molar-refractivity contribution is 5.92. The number of aromatic nitrogens is 1. The molecule has 128 valence electrons. The number of nitrogens with one attached hydrogen (secondary N) is 1. The molecule has 0 atom stereocenters. The number of rotatable bonds is 7. The van der Waals surface area contributed by atoms with Crippen LogP contribution < -0.4 is 5.32 Å². The van der Waals surface area contributed by atoms with E-state index in [9.17, 15) is 4.79 Å². The van der Waals surface area contributed by atoms with E-state index in [-0.39, 0.29) is 5.91 Å². The Labute approximate surface area is 145 Å². The number of carbonyl (C=O) groups excluding carboxylic acids is 1. The van der Waals surface area contributed by atoms with Crippen molar-refractivity contribution in [3.05, 3.63) is 59.4 Å². The molecule has 0 aliphatic carbocycles. The molecule has 1 aromatic heterocycles. The van der Waals surface area contributed by atoms with Crippen molar-refractivity contribution in [2.24, 2.45) is 11.8 Å². The lowest BCUT2D eigenvalue weighted by atomic mass is 9.95. The van der Waals surface area contributed by atoms with Gasteiger partial charge in [0, 0.05) is 17.6 Å². The van der Waals surface area contributed by atoms with Gasteiger partial charge in [0.2, 0.25) is 5.91 Å². The Hall–Kier alpha value is -2.16. The molecule has 1 amide bonds. The fourth-order valence-corrected chi connectivity index (χ4v) is 2.84. The van der Waals surface area contributed by atoms with Crippen LogP contribution in [0, 0.1) is 11.8 Å². The first-order valence-electron chi connectivity index (χ1n) is 8.75. The first kappa shape index (κ1) is 18.2. The molecule has 0 spiro atoms. The summed E-state index contributed by atoms with van der Waals surface area (Å²) in [6.45, 7) is 8.86. The smallest absolute Gasteiger partial charge is 0.230 e. The van der Waals surface area contributed by atoms with Crippen LogP contribution in [-0.4, -0.2) is 10.9 Å². The molecule has 3 heteroatoms. The molecule has 0 saturated heterocycles. The molecule has 2 rings (SSSR count). The van der Waals surface area contributed by atoms with Gasteiger partial charge in [0.25, 0.3) is 0 Å². The highest BCUT2D eigenvalue weighted by atomic mass is 16.1. The maximum Gasteiger partial charge on any atom is 0.230 e. The van der Waals surface area contributed by atoms with Gasteiger partial charge < -0.3 is 5.32 Å². The average Bonchev–Trinajstić information content (AvgIpc) is 2.49. The molecule has 0 radical (unpaired) electrons. The van der Waals surface area contributed by atoms with Gasteiger partial charge in [0.15, 0.2) is 0 Å². The second-order valence-electron chi connectivity index (χ2n) is 7.23. The van der Waals surface area contributed by atoms with E-state index in [2.05, 4.69) is 50.1 Å². The summed E-state index contributed by atoms with van der Waals surface area (Å²) in [6, 6.07) is 12.1. The van der Waals surface area contributed by atoms with Crippen LogP contribution in [0.25, 0.3) is 0 Å². The minimum atomic E-state index is -0.0182. The number of benzene rings is 1. The van der Waals surface area contributed by atoms with Gasteiger partial charge in [-0.05, 0) is 54.0 Å². The zero-order valence-electron chi connectivity index (χ0n) is 15.2. The van der Waals surface area contributed by atoms with Gasteiger partial charge in [-0.25, -0.2) is 0 Å². The van der Waals surface area contributed by atoms with Gasteiger partial charge in [0.1, 0.15) is 0 Å². The Morgan fingerprint density at radius 1 is 1.04 bits per heavy atom. The lowest BCUT2D eigenvalue weighted by Gasteiger charge is -2.15. The molecule has 24 heavy (non-hydrogen) atoms. The molecule has 0 saturated carbocycles. The van der Waals surface area contributed by atoms with E-state index in [1.165, 1.54) is 11.1 Å². The lowest BCUT2D eigenvalue weighted by molar-refractivity contribution is -0.115. The third-order valence-corrected chi connectivity index (χ3v) is 3.78. The summed E-state index contributed by atoms with van der Waals surface area (Å²) in [7, 11) is 0. The summed E-state index contributed by atoms with van der Waals surface area (Å²) in [4.78, 5) is 16.5. The molecule has 3 nitrogen and oxygen atoms in total. The number of anilines is 1. The molecule has 0 aliphatic rings. The third kappa shape index (κ3) is 5.80. The number of amides is 1. The minimum Gasteiger partial charge on any atom is -0.325 e. The number of nitrogens with zero attached hydrogens (tertiary/aromatic N) is 1. The Balaban J connectivity index is 2.13. The van der Waals surface area contributed by atoms with E-state index in [1.54, 1.807) is 6.20 Å². The van der Waals surface area contributed by atoms with Gasteiger partial charge >= 0.3 is 0 Å². The first-order valence-corrected chi connectivity index (χ1v) is 8.75. The molecule has 1 heterocycles. The largest absolute Gasteiger partial charge is 0.325 e. The summed E-state index contributed by atoms with van der Waals surface area (Å²) in [5.41, 5.74) is 4.27. The Morgan fingerprint density at radius 3 is 2.42 bits per heavy atom. The van der Waals surface area contributed by atoms with Crippen LogP contribution in [0.4, 0.5) is 5.69 Å². The number of carbonyl (C=O) groups is 1. The van der Waals surface area contributed by atoms with Crippen molar-refractivity contribution in [2.45, 2.75) is 47.0 Å². The van der Waals surface area contributed by atoms with Crippen LogP contribution in [0.5, 0.6) is 0 Å². The van der Waals surface area contributed by atoms with E-state index in [4.69, 9.17) is 0 Å². The normalized spacial score (nSPS) is 11.1. The second kappa shape index (κ2) is 8.62. The lowest BCUT2D eigenvalue weighted by Crippen LogP contribution is -2.17. The molecule has 1 N–H and O–H groups in total. The summed E-state index contributed by atoms with van der Waals surface area (Å²) in [5, 5.41) is 3.07. The summed E-state index contributed by atoms with van der Waals surface area (Å²) in [6.07, 6.45) is 4.04. The van der Waals surface area contributed by atoms with Gasteiger partial charge in [-0.2, -0.15) is 0 Å². The zero-order chi connectivity index (χ0) is 17.5. The van der Waals surface area contributed by atoms with E-state index < -0.39 is 0 Å². The Morgan fingerprint density at radius 2 is 1.79 bits per heavy atom. The molecule has 0 unspecified atom stereocenters. The van der Waals surface area contributed by atoms with Gasteiger partial charge in [-0.15, -0.1) is 0 Å². The first-order chi connectivity index (χ1) is 11.4. The predicted octanol–water partition coefficient (Wildman–Crippen LogP) is 4.66. The summed E-state index contributed by atoms with van der Waals surface area (Å²) >= 11 is 0. The van der Waals surface area contributed by atoms with Crippen LogP contribution in [0.15, 0.2) is 42.6 Å². The zero-order valence-corrected chi connectivity index (χ0v) is 15.2. The van der Waals surface area contributed by atoms with E-state index >= 15 is 0 Å². The number of pyridine rings is 1. The van der Waals surface area contributed by atoms with Crippen LogP contribution in [0.1, 0.15) is 44.5 Å². The average molecular weight is 324 g/mol. The van der Waals surface area contributed by atoms with Gasteiger partial charge in [-0.3, -0.25) is 9.78 Å². The highest BCUT2D eigenvalue weighted by Crippen LogP contribution is 2.23. The van der Waals surface area contributed by atoms with Crippen molar-refractivity contribution in [1.29, 1.82) is 0 Å². The predicted molar refractivity (Wildman–Crippen MR) is 100 cm³/mol. The molecule has 0 fully saturated rings. The molecular formula is C21H28N2O. The maximum atomic E-state index is 12.3. The molecular weight excluding hydrogens is 296 g/mol. The minimum absolute atomic E-state index is 0.0182. The van der Waals surface area contributed by atoms with Crippen molar-refractivity contribution in [3.8, 4) is 0 Å². The topological polar surface area (TPSA) is 42.0 Å². The van der Waals surface area contributed by atoms with Crippen molar-refractivity contribution < 1.29 is 4.79 Å². The van der Waals surface area contributed by atoms with Crippen molar-refractivity contribution in [1.82, 2.24) is 4.98 Å². The Bertz CT molecular complexity index is 663. The molecule has 1 aromatic carbocycles. The number of hydrogen-bond donors (Lipinski definition) is 1. The van der Waals surface area contributed by atoms with E-state index in [0.717, 1.165) is 24.2 Å². The maximum absolute atomic E-state index is 12.3. The van der Waals surface area contributed by atoms with Crippen LogP contribution in [0.3, 0.4) is 0 Å².